The number of carboxylic acid groups (broad SMARTS) is 1. The topological polar surface area (TPSA) is 67.5 Å². The predicted molar refractivity (Wildman–Crippen MR) is 104 cm³/mol. The molecule has 0 saturated heterocycles. The van der Waals surface area contributed by atoms with Crippen molar-refractivity contribution >= 4 is 28.1 Å². The van der Waals surface area contributed by atoms with E-state index in [2.05, 4.69) is 31.2 Å². The van der Waals surface area contributed by atoms with Crippen molar-refractivity contribution in [3.05, 3.63) is 80.7 Å². The smallest absolute Gasteiger partial charge is 0.335 e. The molecule has 5 rings (SSSR count). The van der Waals surface area contributed by atoms with Gasteiger partial charge in [0.15, 0.2) is 5.43 Å². The minimum atomic E-state index is -1.04. The van der Waals surface area contributed by atoms with Gasteiger partial charge < -0.3 is 9.52 Å². The van der Waals surface area contributed by atoms with E-state index in [1.807, 2.05) is 0 Å². The van der Waals surface area contributed by atoms with Crippen LogP contribution in [0.3, 0.4) is 0 Å². The molecule has 0 bridgehead atoms. The first kappa shape index (κ1) is 16.1. The molecule has 3 aromatic rings. The van der Waals surface area contributed by atoms with Crippen LogP contribution in [0, 0.1) is 6.92 Å². The van der Waals surface area contributed by atoms with Gasteiger partial charge in [-0.2, -0.15) is 0 Å². The van der Waals surface area contributed by atoms with Crippen molar-refractivity contribution in [3.8, 4) is 0 Å². The highest BCUT2D eigenvalue weighted by atomic mass is 16.4. The molecule has 0 amide bonds. The fourth-order valence-electron chi connectivity index (χ4n) is 4.39. The number of hydrogen-bond acceptors (Lipinski definition) is 3. The third-order valence-corrected chi connectivity index (χ3v) is 5.76. The van der Waals surface area contributed by atoms with E-state index in [1.54, 1.807) is 6.07 Å². The number of carboxylic acids is 1. The molecule has 1 unspecified atom stereocenters. The number of rotatable bonds is 2. The Kier molecular flexibility index (Phi) is 3.38. The Labute approximate surface area is 155 Å². The lowest BCUT2D eigenvalue weighted by Crippen LogP contribution is -2.29. The Balaban J connectivity index is 1.74. The molecule has 134 valence electrons. The van der Waals surface area contributed by atoms with E-state index in [1.165, 1.54) is 28.8 Å². The maximum absolute atomic E-state index is 13.0. The molecular formula is C23H18O4. The standard InChI is InChI=1S/C23H18O4/c1-12-5-7-13(8-6-12)15-3-2-4-16-19(15)22-20(16)21(24)17-11-14(23(25)26)9-10-18(17)27-22/h5-11,16H,2-4H2,1H3,(H,25,26). The molecule has 1 aromatic heterocycles. The van der Waals surface area contributed by atoms with E-state index in [-0.39, 0.29) is 16.9 Å². The third-order valence-electron chi connectivity index (χ3n) is 5.76. The van der Waals surface area contributed by atoms with E-state index in [4.69, 9.17) is 4.42 Å². The molecular weight excluding hydrogens is 340 g/mol. The molecule has 1 atom stereocenters. The maximum Gasteiger partial charge on any atom is 0.335 e. The second kappa shape index (κ2) is 5.68. The molecule has 27 heavy (non-hydrogen) atoms. The fraction of sp³-hybridized carbons (Fsp3) is 0.217. The molecule has 0 fully saturated rings. The summed E-state index contributed by atoms with van der Waals surface area (Å²) in [6.45, 7) is 2.07. The Bertz CT molecular complexity index is 1200. The van der Waals surface area contributed by atoms with Crippen LogP contribution in [0.15, 0.2) is 51.7 Å². The first-order valence-corrected chi connectivity index (χ1v) is 9.19. The van der Waals surface area contributed by atoms with Gasteiger partial charge in [0, 0.05) is 11.5 Å². The normalized spacial score (nSPS) is 18.0. The summed E-state index contributed by atoms with van der Waals surface area (Å²) in [6, 6.07) is 13.0. The largest absolute Gasteiger partial charge is 0.478 e. The fourth-order valence-corrected chi connectivity index (χ4v) is 4.39. The molecule has 2 aliphatic carbocycles. The maximum atomic E-state index is 13.0. The third kappa shape index (κ3) is 2.29. The Morgan fingerprint density at radius 1 is 1.15 bits per heavy atom. The van der Waals surface area contributed by atoms with Gasteiger partial charge in [-0.3, -0.25) is 4.79 Å². The molecule has 2 aromatic carbocycles. The zero-order valence-corrected chi connectivity index (χ0v) is 14.9. The van der Waals surface area contributed by atoms with Gasteiger partial charge in [0.1, 0.15) is 11.3 Å². The molecule has 0 spiro atoms. The van der Waals surface area contributed by atoms with E-state index in [0.29, 0.717) is 22.3 Å². The second-order valence-corrected chi connectivity index (χ2v) is 7.39. The average molecular weight is 358 g/mol. The van der Waals surface area contributed by atoms with Crippen molar-refractivity contribution in [2.24, 2.45) is 0 Å². The van der Waals surface area contributed by atoms with Crippen LogP contribution in [-0.4, -0.2) is 11.1 Å². The number of fused-ring (bicyclic) bond motifs is 5. The second-order valence-electron chi connectivity index (χ2n) is 7.39. The molecule has 4 heteroatoms. The quantitative estimate of drug-likeness (QED) is 0.701. The highest BCUT2D eigenvalue weighted by Crippen LogP contribution is 2.55. The van der Waals surface area contributed by atoms with Gasteiger partial charge in [-0.05, 0) is 55.5 Å². The summed E-state index contributed by atoms with van der Waals surface area (Å²) < 4.78 is 6.09. The summed E-state index contributed by atoms with van der Waals surface area (Å²) in [5, 5.41) is 9.56. The van der Waals surface area contributed by atoms with Gasteiger partial charge in [0.05, 0.1) is 16.5 Å². The van der Waals surface area contributed by atoms with Crippen molar-refractivity contribution in [1.82, 2.24) is 0 Å². The number of carbonyl (C=O) groups is 1. The van der Waals surface area contributed by atoms with Crippen LogP contribution in [0.2, 0.25) is 0 Å². The number of benzene rings is 2. The molecule has 0 aliphatic heterocycles. The minimum absolute atomic E-state index is 0.0896. The highest BCUT2D eigenvalue weighted by Gasteiger charge is 2.42. The number of aromatic carboxylic acids is 1. The van der Waals surface area contributed by atoms with Crippen LogP contribution in [0.1, 0.15) is 58.0 Å². The lowest BCUT2D eigenvalue weighted by molar-refractivity contribution is 0.0697. The van der Waals surface area contributed by atoms with Crippen LogP contribution in [0.5, 0.6) is 0 Å². The SMILES string of the molecule is Cc1ccc(C2=C3c4oc5ccc(C(=O)O)cc5c(=O)c4C3CCC2)cc1. The van der Waals surface area contributed by atoms with Gasteiger partial charge in [0.25, 0.3) is 0 Å². The zero-order chi connectivity index (χ0) is 18.7. The molecule has 0 saturated carbocycles. The van der Waals surface area contributed by atoms with Gasteiger partial charge in [0.2, 0.25) is 0 Å². The van der Waals surface area contributed by atoms with Crippen LogP contribution < -0.4 is 5.43 Å². The molecule has 1 N–H and O–H groups in total. The number of aryl methyl sites for hydroxylation is 1. The molecule has 0 radical (unpaired) electrons. The van der Waals surface area contributed by atoms with Crippen molar-refractivity contribution in [2.45, 2.75) is 32.1 Å². The predicted octanol–water partition coefficient (Wildman–Crippen LogP) is 4.99. The van der Waals surface area contributed by atoms with Gasteiger partial charge >= 0.3 is 5.97 Å². The average Bonchev–Trinajstić information content (AvgIpc) is 2.66. The summed E-state index contributed by atoms with van der Waals surface area (Å²) in [6.07, 6.45) is 2.95. The van der Waals surface area contributed by atoms with Crippen molar-refractivity contribution in [1.29, 1.82) is 0 Å². The van der Waals surface area contributed by atoms with Gasteiger partial charge in [-0.1, -0.05) is 29.8 Å². The Hall–Kier alpha value is -3.14. The summed E-state index contributed by atoms with van der Waals surface area (Å²) in [7, 11) is 0. The first-order valence-electron chi connectivity index (χ1n) is 9.19. The Morgan fingerprint density at radius 2 is 1.93 bits per heavy atom. The monoisotopic (exact) mass is 358 g/mol. The van der Waals surface area contributed by atoms with Crippen LogP contribution in [-0.2, 0) is 0 Å². The minimum Gasteiger partial charge on any atom is -0.478 e. The van der Waals surface area contributed by atoms with Crippen molar-refractivity contribution in [3.63, 3.8) is 0 Å². The highest BCUT2D eigenvalue weighted by molar-refractivity contribution is 6.01. The lowest BCUT2D eigenvalue weighted by Gasteiger charge is -2.37. The molecule has 4 nitrogen and oxygen atoms in total. The van der Waals surface area contributed by atoms with Gasteiger partial charge in [-0.25, -0.2) is 4.79 Å². The van der Waals surface area contributed by atoms with E-state index >= 15 is 0 Å². The Morgan fingerprint density at radius 3 is 2.67 bits per heavy atom. The lowest BCUT2D eigenvalue weighted by atomic mass is 9.67. The number of allylic oxidation sites excluding steroid dienone is 2. The molecule has 1 heterocycles. The summed E-state index contributed by atoms with van der Waals surface area (Å²) >= 11 is 0. The summed E-state index contributed by atoms with van der Waals surface area (Å²) in [5.74, 6) is -0.256. The summed E-state index contributed by atoms with van der Waals surface area (Å²) in [5.41, 5.74) is 6.01. The van der Waals surface area contributed by atoms with E-state index in [9.17, 15) is 14.7 Å². The van der Waals surface area contributed by atoms with Crippen molar-refractivity contribution < 1.29 is 14.3 Å². The van der Waals surface area contributed by atoms with E-state index in [0.717, 1.165) is 24.8 Å². The van der Waals surface area contributed by atoms with E-state index < -0.39 is 5.97 Å². The van der Waals surface area contributed by atoms with Crippen LogP contribution in [0.4, 0.5) is 0 Å². The van der Waals surface area contributed by atoms with Crippen LogP contribution >= 0.6 is 0 Å². The number of hydrogen-bond donors (Lipinski definition) is 1. The zero-order valence-electron chi connectivity index (χ0n) is 14.9. The van der Waals surface area contributed by atoms with Gasteiger partial charge in [-0.15, -0.1) is 0 Å². The van der Waals surface area contributed by atoms with Crippen molar-refractivity contribution in [2.75, 3.05) is 0 Å². The molecule has 2 aliphatic rings. The van der Waals surface area contributed by atoms with Crippen LogP contribution in [0.25, 0.3) is 22.1 Å². The first-order chi connectivity index (χ1) is 13.0. The summed E-state index contributed by atoms with van der Waals surface area (Å²) in [4.78, 5) is 24.3.